The number of alkyl halides is 1. The molecule has 0 radical (unpaired) electrons. The lowest BCUT2D eigenvalue weighted by atomic mass is 10.3. The summed E-state index contributed by atoms with van der Waals surface area (Å²) < 4.78 is 17.1. The Bertz CT molecular complexity index is 809. The highest BCUT2D eigenvalue weighted by molar-refractivity contribution is 7.18. The van der Waals surface area contributed by atoms with Crippen molar-refractivity contribution in [1.82, 2.24) is 19.9 Å². The second-order valence-electron chi connectivity index (χ2n) is 5.28. The number of rotatable bonds is 5. The maximum atomic E-state index is 14.3. The minimum atomic E-state index is -1.74. The number of imidazole rings is 1. The van der Waals surface area contributed by atoms with E-state index in [0.29, 0.717) is 18.6 Å². The van der Waals surface area contributed by atoms with Gasteiger partial charge in [-0.1, -0.05) is 12.1 Å². The Morgan fingerprint density at radius 3 is 2.87 bits per heavy atom. The van der Waals surface area contributed by atoms with Gasteiger partial charge in [0.2, 0.25) is 6.17 Å². The average molecular weight is 332 g/mol. The van der Waals surface area contributed by atoms with Crippen LogP contribution in [0.5, 0.6) is 0 Å². The van der Waals surface area contributed by atoms with Crippen LogP contribution < -0.4 is 5.32 Å². The Morgan fingerprint density at radius 2 is 2.17 bits per heavy atom. The van der Waals surface area contributed by atoms with Crippen LogP contribution in [0.4, 0.5) is 4.39 Å². The number of para-hydroxylation sites is 1. The number of carbonyl (C=O) groups is 1. The van der Waals surface area contributed by atoms with Gasteiger partial charge in [0.05, 0.1) is 22.2 Å². The molecule has 7 heteroatoms. The molecular formula is C16H17FN4OS. The molecule has 0 aliphatic heterocycles. The van der Waals surface area contributed by atoms with Crippen molar-refractivity contribution < 1.29 is 9.18 Å². The number of thiazole rings is 1. The molecule has 1 amide bonds. The number of aryl methyl sites for hydroxylation is 1. The number of nitrogens with zero attached hydrogens (tertiary/aromatic N) is 3. The van der Waals surface area contributed by atoms with Crippen LogP contribution in [0, 0.1) is 13.8 Å². The lowest BCUT2D eigenvalue weighted by molar-refractivity contribution is -0.126. The normalized spacial score (nSPS) is 12.5. The molecule has 1 N–H and O–H groups in total. The topological polar surface area (TPSA) is 59.8 Å². The van der Waals surface area contributed by atoms with Crippen LogP contribution in [0.1, 0.15) is 22.6 Å². The van der Waals surface area contributed by atoms with Crippen molar-refractivity contribution in [2.24, 2.45) is 0 Å². The predicted molar refractivity (Wildman–Crippen MR) is 88.2 cm³/mol. The number of aromatic nitrogens is 3. The number of carbonyl (C=O) groups excluding carboxylic acids is 1. The van der Waals surface area contributed by atoms with E-state index in [1.165, 1.54) is 11.3 Å². The summed E-state index contributed by atoms with van der Waals surface area (Å²) in [6.45, 7) is 4.80. The third-order valence-electron chi connectivity index (χ3n) is 3.75. The maximum Gasteiger partial charge on any atom is 0.261 e. The standard InChI is InChI=1S/C16H17FN4OS/c1-10-11(2)21(9-19-10)8-7-18-15(22)14(17)16-20-12-5-3-4-6-13(12)23-16/h3-6,9,14H,7-8H2,1-2H3,(H,18,22). The molecule has 0 spiro atoms. The summed E-state index contributed by atoms with van der Waals surface area (Å²) in [6, 6.07) is 7.39. The monoisotopic (exact) mass is 332 g/mol. The second kappa shape index (κ2) is 6.45. The van der Waals surface area contributed by atoms with Gasteiger partial charge in [0.25, 0.3) is 5.91 Å². The summed E-state index contributed by atoms with van der Waals surface area (Å²) in [4.78, 5) is 20.3. The first-order valence-electron chi connectivity index (χ1n) is 7.32. The first-order valence-corrected chi connectivity index (χ1v) is 8.13. The minimum absolute atomic E-state index is 0.193. The third-order valence-corrected chi connectivity index (χ3v) is 4.83. The molecule has 0 saturated heterocycles. The van der Waals surface area contributed by atoms with E-state index in [0.717, 1.165) is 16.1 Å². The summed E-state index contributed by atoms with van der Waals surface area (Å²) in [7, 11) is 0. The molecular weight excluding hydrogens is 315 g/mol. The van der Waals surface area contributed by atoms with Gasteiger partial charge in [-0.2, -0.15) is 0 Å². The fourth-order valence-corrected chi connectivity index (χ4v) is 3.21. The van der Waals surface area contributed by atoms with Gasteiger partial charge in [-0.15, -0.1) is 11.3 Å². The Balaban J connectivity index is 1.60. The highest BCUT2D eigenvalue weighted by Gasteiger charge is 2.23. The van der Waals surface area contributed by atoms with Gasteiger partial charge < -0.3 is 9.88 Å². The van der Waals surface area contributed by atoms with Gasteiger partial charge in [-0.05, 0) is 26.0 Å². The minimum Gasteiger partial charge on any atom is -0.351 e. The number of fused-ring (bicyclic) bond motifs is 1. The molecule has 1 aromatic carbocycles. The molecule has 3 rings (SSSR count). The van der Waals surface area contributed by atoms with E-state index < -0.39 is 12.1 Å². The van der Waals surface area contributed by atoms with Crippen molar-refractivity contribution in [3.8, 4) is 0 Å². The van der Waals surface area contributed by atoms with E-state index in [1.54, 1.807) is 6.33 Å². The zero-order chi connectivity index (χ0) is 16.4. The number of hydrogen-bond donors (Lipinski definition) is 1. The number of halogens is 1. The van der Waals surface area contributed by atoms with E-state index in [9.17, 15) is 9.18 Å². The molecule has 1 atom stereocenters. The largest absolute Gasteiger partial charge is 0.351 e. The summed E-state index contributed by atoms with van der Waals surface area (Å²) in [5.41, 5.74) is 2.71. The second-order valence-corrected chi connectivity index (χ2v) is 6.34. The maximum absolute atomic E-state index is 14.3. The van der Waals surface area contributed by atoms with Gasteiger partial charge in [0, 0.05) is 18.8 Å². The van der Waals surface area contributed by atoms with Gasteiger partial charge in [-0.3, -0.25) is 4.79 Å². The van der Waals surface area contributed by atoms with Crippen LogP contribution in [0.3, 0.4) is 0 Å². The smallest absolute Gasteiger partial charge is 0.261 e. The first-order chi connectivity index (χ1) is 11.1. The molecule has 1 unspecified atom stereocenters. The van der Waals surface area contributed by atoms with Crippen molar-refractivity contribution in [3.05, 3.63) is 47.0 Å². The van der Waals surface area contributed by atoms with E-state index in [-0.39, 0.29) is 5.01 Å². The van der Waals surface area contributed by atoms with Crippen molar-refractivity contribution in [2.45, 2.75) is 26.6 Å². The van der Waals surface area contributed by atoms with Gasteiger partial charge in [-0.25, -0.2) is 14.4 Å². The highest BCUT2D eigenvalue weighted by Crippen LogP contribution is 2.28. The van der Waals surface area contributed by atoms with Gasteiger partial charge >= 0.3 is 0 Å². The quantitative estimate of drug-likeness (QED) is 0.781. The average Bonchev–Trinajstić information content (AvgIpc) is 3.12. The Kier molecular flexibility index (Phi) is 4.38. The zero-order valence-corrected chi connectivity index (χ0v) is 13.7. The summed E-state index contributed by atoms with van der Waals surface area (Å²) in [5, 5.41) is 2.81. The molecule has 0 aliphatic carbocycles. The SMILES string of the molecule is Cc1ncn(CCNC(=O)C(F)c2nc3ccccc3s2)c1C. The number of benzene rings is 1. The molecule has 2 heterocycles. The van der Waals surface area contributed by atoms with E-state index in [4.69, 9.17) is 0 Å². The molecule has 0 aliphatic rings. The van der Waals surface area contributed by atoms with Crippen molar-refractivity contribution >= 4 is 27.5 Å². The van der Waals surface area contributed by atoms with E-state index >= 15 is 0 Å². The molecule has 3 aromatic rings. The van der Waals surface area contributed by atoms with Crippen molar-refractivity contribution in [2.75, 3.05) is 6.54 Å². The molecule has 0 bridgehead atoms. The highest BCUT2D eigenvalue weighted by atomic mass is 32.1. The molecule has 5 nitrogen and oxygen atoms in total. The van der Waals surface area contributed by atoms with Crippen LogP contribution in [0.2, 0.25) is 0 Å². The number of hydrogen-bond acceptors (Lipinski definition) is 4. The summed E-state index contributed by atoms with van der Waals surface area (Å²) in [5.74, 6) is -0.654. The van der Waals surface area contributed by atoms with Crippen LogP contribution in [0.15, 0.2) is 30.6 Å². The molecule has 2 aromatic heterocycles. The lowest BCUT2D eigenvalue weighted by Crippen LogP contribution is -2.30. The van der Waals surface area contributed by atoms with Crippen LogP contribution in [-0.4, -0.2) is 27.0 Å². The predicted octanol–water partition coefficient (Wildman–Crippen LogP) is 2.94. The van der Waals surface area contributed by atoms with Crippen LogP contribution >= 0.6 is 11.3 Å². The number of amides is 1. The fourth-order valence-electron chi connectivity index (χ4n) is 2.27. The fraction of sp³-hybridized carbons (Fsp3) is 0.312. The van der Waals surface area contributed by atoms with E-state index in [1.807, 2.05) is 42.7 Å². The van der Waals surface area contributed by atoms with Crippen LogP contribution in [0.25, 0.3) is 10.2 Å². The molecule has 23 heavy (non-hydrogen) atoms. The molecule has 120 valence electrons. The molecule has 0 saturated carbocycles. The first kappa shape index (κ1) is 15.6. The summed E-state index contributed by atoms with van der Waals surface area (Å²) in [6.07, 6.45) is -0.0184. The Labute approximate surface area is 137 Å². The lowest BCUT2D eigenvalue weighted by Gasteiger charge is -2.09. The molecule has 0 fully saturated rings. The Hall–Kier alpha value is -2.28. The third kappa shape index (κ3) is 3.24. The van der Waals surface area contributed by atoms with Crippen LogP contribution in [-0.2, 0) is 11.3 Å². The Morgan fingerprint density at radius 1 is 1.39 bits per heavy atom. The van der Waals surface area contributed by atoms with Crippen molar-refractivity contribution in [3.63, 3.8) is 0 Å². The van der Waals surface area contributed by atoms with E-state index in [2.05, 4.69) is 15.3 Å². The summed E-state index contributed by atoms with van der Waals surface area (Å²) >= 11 is 1.21. The van der Waals surface area contributed by atoms with Gasteiger partial charge in [0.1, 0.15) is 5.01 Å². The zero-order valence-electron chi connectivity index (χ0n) is 12.9. The number of nitrogens with one attached hydrogen (secondary N) is 1. The van der Waals surface area contributed by atoms with Crippen molar-refractivity contribution in [1.29, 1.82) is 0 Å². The van der Waals surface area contributed by atoms with Gasteiger partial charge in [0.15, 0.2) is 0 Å².